The van der Waals surface area contributed by atoms with Crippen molar-refractivity contribution in [2.24, 2.45) is 0 Å². The van der Waals surface area contributed by atoms with E-state index in [1.165, 1.54) is 18.4 Å². The number of fused-ring (bicyclic) bond motifs is 1. The van der Waals surface area contributed by atoms with Crippen LogP contribution in [0.15, 0.2) is 93.2 Å². The van der Waals surface area contributed by atoms with Crippen LogP contribution in [0.5, 0.6) is 5.75 Å². The molecule has 1 atom stereocenters. The molecule has 0 fully saturated rings. The minimum Gasteiger partial charge on any atom is -0.501 e. The van der Waals surface area contributed by atoms with E-state index in [0.717, 1.165) is 23.8 Å². The Morgan fingerprint density at radius 3 is 2.37 bits per heavy atom. The number of alkyl halides is 3. The zero-order chi connectivity index (χ0) is 27.1. The first-order chi connectivity index (χ1) is 18.0. The highest BCUT2D eigenvalue weighted by Crippen LogP contribution is 2.34. The number of hydrogen-bond donors (Lipinski definition) is 2. The zero-order valence-electron chi connectivity index (χ0n) is 19.2. The average Bonchev–Trinajstić information content (AvgIpc) is 3.34. The van der Waals surface area contributed by atoms with E-state index in [2.05, 4.69) is 4.72 Å². The Labute approximate surface area is 213 Å². The highest BCUT2D eigenvalue weighted by molar-refractivity contribution is 7.92. The molecule has 0 saturated carbocycles. The van der Waals surface area contributed by atoms with Gasteiger partial charge in [-0.3, -0.25) is 9.52 Å². The first-order valence-corrected chi connectivity index (χ1v) is 12.6. The summed E-state index contributed by atoms with van der Waals surface area (Å²) < 4.78 is 82.7. The van der Waals surface area contributed by atoms with E-state index in [-0.39, 0.29) is 28.2 Å². The van der Waals surface area contributed by atoms with Crippen LogP contribution in [0.3, 0.4) is 0 Å². The summed E-state index contributed by atoms with van der Waals surface area (Å²) in [7, 11) is -4.28. The average molecular weight is 545 g/mol. The second kappa shape index (κ2) is 9.45. The lowest BCUT2D eigenvalue weighted by Gasteiger charge is -2.13. The molecule has 12 heteroatoms. The van der Waals surface area contributed by atoms with Gasteiger partial charge in [0.25, 0.3) is 10.0 Å². The SMILES string of the molecule is O=c1c(O)c(C2=COC(Cc3ccccc3)O2)oc2ccc(NS(=O)(=O)c3ccc(C(F)(F)F)cc3)cc12. The molecule has 2 heterocycles. The van der Waals surface area contributed by atoms with Crippen LogP contribution < -0.4 is 10.2 Å². The molecular formula is C26H18F3NO7S. The smallest absolute Gasteiger partial charge is 0.416 e. The molecule has 0 spiro atoms. The molecule has 5 rings (SSSR count). The number of anilines is 1. The summed E-state index contributed by atoms with van der Waals surface area (Å²) in [5.41, 5.74) is -0.949. The first-order valence-electron chi connectivity index (χ1n) is 11.1. The van der Waals surface area contributed by atoms with Crippen LogP contribution in [0.25, 0.3) is 16.7 Å². The fourth-order valence-electron chi connectivity index (χ4n) is 3.79. The topological polar surface area (TPSA) is 115 Å². The number of nitrogens with one attached hydrogen (secondary N) is 1. The van der Waals surface area contributed by atoms with E-state index >= 15 is 0 Å². The summed E-state index contributed by atoms with van der Waals surface area (Å²) in [5, 5.41) is 10.4. The predicted molar refractivity (Wildman–Crippen MR) is 130 cm³/mol. The van der Waals surface area contributed by atoms with Gasteiger partial charge in [0, 0.05) is 12.1 Å². The maximum atomic E-state index is 12.9. The van der Waals surface area contributed by atoms with Crippen molar-refractivity contribution in [1.82, 2.24) is 0 Å². The molecule has 1 aromatic heterocycles. The predicted octanol–water partition coefficient (Wildman–Crippen LogP) is 5.23. The Morgan fingerprint density at radius 2 is 1.68 bits per heavy atom. The molecule has 8 nitrogen and oxygen atoms in total. The lowest BCUT2D eigenvalue weighted by Crippen LogP contribution is -2.14. The molecule has 0 aliphatic carbocycles. The van der Waals surface area contributed by atoms with Crippen molar-refractivity contribution in [3.8, 4) is 5.75 Å². The van der Waals surface area contributed by atoms with Crippen LogP contribution in [0.2, 0.25) is 0 Å². The summed E-state index contributed by atoms with van der Waals surface area (Å²) in [6.07, 6.45) is -3.68. The normalized spacial score (nSPS) is 15.6. The summed E-state index contributed by atoms with van der Waals surface area (Å²) in [6, 6.07) is 16.1. The molecule has 0 amide bonds. The van der Waals surface area contributed by atoms with Gasteiger partial charge in [-0.25, -0.2) is 8.42 Å². The highest BCUT2D eigenvalue weighted by Gasteiger charge is 2.31. The van der Waals surface area contributed by atoms with Crippen molar-refractivity contribution in [1.29, 1.82) is 0 Å². The van der Waals surface area contributed by atoms with Gasteiger partial charge < -0.3 is 19.0 Å². The highest BCUT2D eigenvalue weighted by atomic mass is 32.2. The molecule has 0 radical (unpaired) electrons. The Bertz CT molecular complexity index is 1700. The number of hydrogen-bond acceptors (Lipinski definition) is 7. The van der Waals surface area contributed by atoms with Crippen molar-refractivity contribution < 1.29 is 40.6 Å². The van der Waals surface area contributed by atoms with E-state index in [4.69, 9.17) is 13.9 Å². The van der Waals surface area contributed by atoms with Crippen molar-refractivity contribution in [3.05, 3.63) is 106 Å². The zero-order valence-corrected chi connectivity index (χ0v) is 20.0. The lowest BCUT2D eigenvalue weighted by atomic mass is 10.1. The third-order valence-electron chi connectivity index (χ3n) is 5.66. The molecule has 2 N–H and O–H groups in total. The number of benzene rings is 3. The Kier molecular flexibility index (Phi) is 6.27. The summed E-state index contributed by atoms with van der Waals surface area (Å²) in [4.78, 5) is 12.5. The van der Waals surface area contributed by atoms with E-state index in [9.17, 15) is 31.5 Å². The van der Waals surface area contributed by atoms with Crippen LogP contribution in [-0.2, 0) is 32.1 Å². The molecular weight excluding hydrogens is 527 g/mol. The van der Waals surface area contributed by atoms with E-state index in [0.29, 0.717) is 18.6 Å². The Morgan fingerprint density at radius 1 is 0.974 bits per heavy atom. The van der Waals surface area contributed by atoms with Gasteiger partial charge in [-0.1, -0.05) is 30.3 Å². The van der Waals surface area contributed by atoms with Crippen LogP contribution in [0.1, 0.15) is 16.9 Å². The maximum Gasteiger partial charge on any atom is 0.416 e. The Balaban J connectivity index is 1.38. The standard InChI is InChI=1S/C26H18F3NO7S/c27-26(28,29)16-6-9-18(10-7-16)38(33,34)30-17-8-11-20-19(13-17)23(31)24(32)25(37-20)21-14-35-22(36-21)12-15-4-2-1-3-5-15/h1-11,13-14,22,30,32H,12H2. The molecule has 0 bridgehead atoms. The minimum atomic E-state index is -4.61. The molecule has 196 valence electrons. The largest absolute Gasteiger partial charge is 0.501 e. The fraction of sp³-hybridized carbons (Fsp3) is 0.115. The van der Waals surface area contributed by atoms with Gasteiger partial charge in [0.05, 0.1) is 15.8 Å². The van der Waals surface area contributed by atoms with Crippen molar-refractivity contribution in [3.63, 3.8) is 0 Å². The van der Waals surface area contributed by atoms with E-state index in [1.54, 1.807) is 0 Å². The van der Waals surface area contributed by atoms with Gasteiger partial charge in [0.15, 0.2) is 0 Å². The van der Waals surface area contributed by atoms with Gasteiger partial charge in [-0.15, -0.1) is 0 Å². The summed E-state index contributed by atoms with van der Waals surface area (Å²) >= 11 is 0. The summed E-state index contributed by atoms with van der Waals surface area (Å²) in [5.74, 6) is -1.01. The monoisotopic (exact) mass is 545 g/mol. The van der Waals surface area contributed by atoms with Crippen molar-refractivity contribution >= 4 is 32.4 Å². The molecule has 1 aliphatic heterocycles. The van der Waals surface area contributed by atoms with Gasteiger partial charge in [-0.2, -0.15) is 13.2 Å². The fourth-order valence-corrected chi connectivity index (χ4v) is 4.84. The first kappa shape index (κ1) is 25.2. The van der Waals surface area contributed by atoms with Crippen molar-refractivity contribution in [2.45, 2.75) is 23.8 Å². The van der Waals surface area contributed by atoms with Crippen LogP contribution in [-0.4, -0.2) is 19.8 Å². The van der Waals surface area contributed by atoms with Gasteiger partial charge in [0.2, 0.25) is 29.0 Å². The summed E-state index contributed by atoms with van der Waals surface area (Å²) in [6.45, 7) is 0. The second-order valence-corrected chi connectivity index (χ2v) is 9.99. The molecule has 38 heavy (non-hydrogen) atoms. The van der Waals surface area contributed by atoms with Gasteiger partial charge in [-0.05, 0) is 48.0 Å². The van der Waals surface area contributed by atoms with Crippen LogP contribution in [0, 0.1) is 0 Å². The van der Waals surface area contributed by atoms with Gasteiger partial charge in [0.1, 0.15) is 11.8 Å². The number of ether oxygens (including phenoxy) is 2. The van der Waals surface area contributed by atoms with Gasteiger partial charge >= 0.3 is 6.18 Å². The minimum absolute atomic E-state index is 0.00881. The number of sulfonamides is 1. The maximum absolute atomic E-state index is 12.9. The number of halogens is 3. The van der Waals surface area contributed by atoms with E-state index in [1.807, 2.05) is 30.3 Å². The number of aromatic hydroxyl groups is 1. The molecule has 4 aromatic rings. The molecule has 1 unspecified atom stereocenters. The van der Waals surface area contributed by atoms with Crippen LogP contribution in [0.4, 0.5) is 18.9 Å². The molecule has 1 aliphatic rings. The van der Waals surface area contributed by atoms with Crippen molar-refractivity contribution in [2.75, 3.05) is 4.72 Å². The third-order valence-corrected chi connectivity index (χ3v) is 7.06. The van der Waals surface area contributed by atoms with E-state index < -0.39 is 44.1 Å². The lowest BCUT2D eigenvalue weighted by molar-refractivity contribution is -0.137. The quantitative estimate of drug-likeness (QED) is 0.341. The van der Waals surface area contributed by atoms with Crippen LogP contribution >= 0.6 is 0 Å². The third kappa shape index (κ3) is 5.02. The Hall–Kier alpha value is -4.45. The second-order valence-electron chi connectivity index (χ2n) is 8.30. The molecule has 0 saturated heterocycles. The number of rotatable bonds is 6. The molecule has 3 aromatic carbocycles.